The van der Waals surface area contributed by atoms with Gasteiger partial charge in [-0.05, 0) is 12.8 Å². The Kier molecular flexibility index (Phi) is 2.90. The fourth-order valence-corrected chi connectivity index (χ4v) is 2.66. The minimum atomic E-state index is 0.592. The van der Waals surface area contributed by atoms with Crippen molar-refractivity contribution in [2.24, 2.45) is 0 Å². The average molecular weight is 227 g/mol. The normalized spacial score (nSPS) is 17.2. The second kappa shape index (κ2) is 4.70. The molecule has 0 N–H and O–H groups in total. The molecule has 1 fully saturated rings. The van der Waals surface area contributed by atoms with Crippen LogP contribution in [-0.4, -0.2) is 14.8 Å². The van der Waals surface area contributed by atoms with Crippen LogP contribution in [-0.2, 0) is 0 Å². The van der Waals surface area contributed by atoms with Crippen LogP contribution in [0.5, 0.6) is 0 Å². The Morgan fingerprint density at radius 2 is 1.76 bits per heavy atom. The predicted molar refractivity (Wildman–Crippen MR) is 67.6 cm³/mol. The largest absolute Gasteiger partial charge is 0.310 e. The van der Waals surface area contributed by atoms with Gasteiger partial charge >= 0.3 is 0 Å². The Morgan fingerprint density at radius 1 is 1.00 bits per heavy atom. The van der Waals surface area contributed by atoms with Crippen molar-refractivity contribution in [1.82, 2.24) is 14.8 Å². The van der Waals surface area contributed by atoms with Crippen molar-refractivity contribution in [2.45, 2.75) is 38.1 Å². The molecule has 0 radical (unpaired) electrons. The molecule has 1 heterocycles. The average Bonchev–Trinajstić information content (AvgIpc) is 2.90. The third-order valence-electron chi connectivity index (χ3n) is 3.57. The summed E-state index contributed by atoms with van der Waals surface area (Å²) in [5.74, 6) is 1.01. The SMILES string of the molecule is c1ccc(-c2nncn2C2CCCCC2)cc1. The van der Waals surface area contributed by atoms with Crippen LogP contribution >= 0.6 is 0 Å². The van der Waals surface area contributed by atoms with E-state index in [1.54, 1.807) is 0 Å². The number of aromatic nitrogens is 3. The number of nitrogens with zero attached hydrogens (tertiary/aromatic N) is 3. The maximum absolute atomic E-state index is 4.27. The maximum Gasteiger partial charge on any atom is 0.163 e. The standard InChI is InChI=1S/C14H17N3/c1-3-7-12(8-4-1)14-16-15-11-17(14)13-9-5-2-6-10-13/h1,3-4,7-8,11,13H,2,5-6,9-10H2. The smallest absolute Gasteiger partial charge is 0.163 e. The summed E-state index contributed by atoms with van der Waals surface area (Å²) in [5.41, 5.74) is 1.16. The Bertz CT molecular complexity index is 469. The van der Waals surface area contributed by atoms with Crippen molar-refractivity contribution >= 4 is 0 Å². The number of hydrogen-bond acceptors (Lipinski definition) is 2. The van der Waals surface area contributed by atoms with Crippen molar-refractivity contribution in [3.8, 4) is 11.4 Å². The molecule has 17 heavy (non-hydrogen) atoms. The van der Waals surface area contributed by atoms with Gasteiger partial charge in [0, 0.05) is 11.6 Å². The highest BCUT2D eigenvalue weighted by Crippen LogP contribution is 2.31. The first kappa shape index (κ1) is 10.5. The van der Waals surface area contributed by atoms with Crippen molar-refractivity contribution < 1.29 is 0 Å². The molecule has 0 bridgehead atoms. The minimum Gasteiger partial charge on any atom is -0.310 e. The minimum absolute atomic E-state index is 0.592. The van der Waals surface area contributed by atoms with E-state index in [-0.39, 0.29) is 0 Å². The predicted octanol–water partition coefficient (Wildman–Crippen LogP) is 3.45. The van der Waals surface area contributed by atoms with Gasteiger partial charge in [-0.3, -0.25) is 0 Å². The molecule has 1 saturated carbocycles. The van der Waals surface area contributed by atoms with Crippen molar-refractivity contribution in [3.63, 3.8) is 0 Å². The lowest BCUT2D eigenvalue weighted by Crippen LogP contribution is -2.13. The Labute approximate surface area is 101 Å². The molecule has 0 saturated heterocycles. The lowest BCUT2D eigenvalue weighted by atomic mass is 9.95. The molecule has 0 aliphatic heterocycles. The van der Waals surface area contributed by atoms with E-state index in [0.29, 0.717) is 6.04 Å². The van der Waals surface area contributed by atoms with Crippen molar-refractivity contribution in [3.05, 3.63) is 36.7 Å². The molecule has 3 nitrogen and oxygen atoms in total. The second-order valence-electron chi connectivity index (χ2n) is 4.72. The summed E-state index contributed by atoms with van der Waals surface area (Å²) in [6.45, 7) is 0. The van der Waals surface area contributed by atoms with Gasteiger partial charge in [0.25, 0.3) is 0 Å². The van der Waals surface area contributed by atoms with Crippen LogP contribution in [0.4, 0.5) is 0 Å². The summed E-state index contributed by atoms with van der Waals surface area (Å²) in [6.07, 6.45) is 8.45. The third-order valence-corrected chi connectivity index (χ3v) is 3.57. The first-order valence-electron chi connectivity index (χ1n) is 6.40. The molecular formula is C14H17N3. The van der Waals surface area contributed by atoms with Gasteiger partial charge in [0.1, 0.15) is 6.33 Å². The fourth-order valence-electron chi connectivity index (χ4n) is 2.66. The molecule has 0 atom stereocenters. The highest BCUT2D eigenvalue weighted by atomic mass is 15.3. The van der Waals surface area contributed by atoms with Gasteiger partial charge in [-0.15, -0.1) is 10.2 Å². The summed E-state index contributed by atoms with van der Waals surface area (Å²) in [5, 5.41) is 8.36. The highest BCUT2D eigenvalue weighted by Gasteiger charge is 2.18. The molecule has 1 aromatic heterocycles. The molecule has 1 aromatic carbocycles. The van der Waals surface area contributed by atoms with E-state index in [1.807, 2.05) is 12.4 Å². The lowest BCUT2D eigenvalue weighted by molar-refractivity contribution is 0.355. The summed E-state index contributed by atoms with van der Waals surface area (Å²) in [4.78, 5) is 0. The van der Waals surface area contributed by atoms with E-state index in [1.165, 1.54) is 32.1 Å². The fraction of sp³-hybridized carbons (Fsp3) is 0.429. The van der Waals surface area contributed by atoms with Gasteiger partial charge in [0.2, 0.25) is 0 Å². The van der Waals surface area contributed by atoms with E-state index >= 15 is 0 Å². The van der Waals surface area contributed by atoms with Gasteiger partial charge in [-0.2, -0.15) is 0 Å². The van der Waals surface area contributed by atoms with E-state index in [2.05, 4.69) is 39.0 Å². The van der Waals surface area contributed by atoms with Gasteiger partial charge < -0.3 is 4.57 Å². The molecule has 1 aliphatic carbocycles. The first-order valence-corrected chi connectivity index (χ1v) is 6.40. The van der Waals surface area contributed by atoms with Crippen LogP contribution < -0.4 is 0 Å². The highest BCUT2D eigenvalue weighted by molar-refractivity contribution is 5.54. The van der Waals surface area contributed by atoms with E-state index in [4.69, 9.17) is 0 Å². The monoisotopic (exact) mass is 227 g/mol. The molecule has 0 amide bonds. The van der Waals surface area contributed by atoms with Crippen LogP contribution in [0.25, 0.3) is 11.4 Å². The quantitative estimate of drug-likeness (QED) is 0.786. The van der Waals surface area contributed by atoms with E-state index < -0.39 is 0 Å². The summed E-state index contributed by atoms with van der Waals surface area (Å²) >= 11 is 0. The van der Waals surface area contributed by atoms with Gasteiger partial charge in [0.05, 0.1) is 0 Å². The van der Waals surface area contributed by atoms with Crippen LogP contribution in [0.2, 0.25) is 0 Å². The van der Waals surface area contributed by atoms with Gasteiger partial charge in [0.15, 0.2) is 5.82 Å². The zero-order valence-corrected chi connectivity index (χ0v) is 9.92. The molecule has 2 aromatic rings. The molecule has 3 heteroatoms. The first-order chi connectivity index (χ1) is 8.45. The van der Waals surface area contributed by atoms with Crippen molar-refractivity contribution in [2.75, 3.05) is 0 Å². The van der Waals surface area contributed by atoms with Gasteiger partial charge in [-0.25, -0.2) is 0 Å². The van der Waals surface area contributed by atoms with Crippen LogP contribution in [0.3, 0.4) is 0 Å². The van der Waals surface area contributed by atoms with Crippen LogP contribution in [0.1, 0.15) is 38.1 Å². The molecular weight excluding hydrogens is 210 g/mol. The van der Waals surface area contributed by atoms with E-state index in [0.717, 1.165) is 11.4 Å². The second-order valence-corrected chi connectivity index (χ2v) is 4.72. The Morgan fingerprint density at radius 3 is 2.53 bits per heavy atom. The van der Waals surface area contributed by atoms with Crippen LogP contribution in [0.15, 0.2) is 36.7 Å². The Hall–Kier alpha value is -1.64. The number of benzene rings is 1. The Balaban J connectivity index is 1.93. The molecule has 88 valence electrons. The number of hydrogen-bond donors (Lipinski definition) is 0. The molecule has 0 unspecified atom stereocenters. The molecule has 0 spiro atoms. The van der Waals surface area contributed by atoms with E-state index in [9.17, 15) is 0 Å². The molecule has 1 aliphatic rings. The van der Waals surface area contributed by atoms with Crippen molar-refractivity contribution in [1.29, 1.82) is 0 Å². The van der Waals surface area contributed by atoms with Crippen LogP contribution in [0, 0.1) is 0 Å². The summed E-state index contributed by atoms with van der Waals surface area (Å²) in [6, 6.07) is 10.9. The third kappa shape index (κ3) is 2.09. The zero-order chi connectivity index (χ0) is 11.5. The zero-order valence-electron chi connectivity index (χ0n) is 9.92. The lowest BCUT2D eigenvalue weighted by Gasteiger charge is -2.23. The summed E-state index contributed by atoms with van der Waals surface area (Å²) in [7, 11) is 0. The molecule has 3 rings (SSSR count). The van der Waals surface area contributed by atoms with Gasteiger partial charge in [-0.1, -0.05) is 49.6 Å². The topological polar surface area (TPSA) is 30.7 Å². The number of rotatable bonds is 2. The summed E-state index contributed by atoms with van der Waals surface area (Å²) < 4.78 is 2.26. The maximum atomic E-state index is 4.27.